The van der Waals surface area contributed by atoms with Crippen molar-refractivity contribution < 1.29 is 13.2 Å². The summed E-state index contributed by atoms with van der Waals surface area (Å²) < 4.78 is 40.6. The van der Waals surface area contributed by atoms with E-state index in [9.17, 15) is 13.2 Å². The van der Waals surface area contributed by atoms with Gasteiger partial charge >= 0.3 is 0 Å². The standard InChI is InChI=1S/C11H9F3N2.C2H6/c1-6-2-8-9(3-7(6)12)16(5-15-8)10-4-11(10,13)14;1-2/h2-3,5,10H,4H2,1H3;1-2H3/t10-;/m0./s1. The van der Waals surface area contributed by atoms with Crippen molar-refractivity contribution in [1.82, 2.24) is 9.55 Å². The van der Waals surface area contributed by atoms with Crippen LogP contribution in [0.1, 0.15) is 31.9 Å². The fourth-order valence-electron chi connectivity index (χ4n) is 1.90. The predicted octanol–water partition coefficient (Wildman–Crippen LogP) is 4.09. The Bertz CT molecular complexity index is 575. The van der Waals surface area contributed by atoms with Crippen molar-refractivity contribution in [2.45, 2.75) is 39.2 Å². The molecule has 1 aliphatic carbocycles. The third kappa shape index (κ3) is 1.98. The van der Waals surface area contributed by atoms with E-state index in [-0.39, 0.29) is 6.42 Å². The predicted molar refractivity (Wildman–Crippen MR) is 64.4 cm³/mol. The van der Waals surface area contributed by atoms with Crippen LogP contribution < -0.4 is 0 Å². The molecular weight excluding hydrogens is 241 g/mol. The van der Waals surface area contributed by atoms with Crippen molar-refractivity contribution in [2.75, 3.05) is 0 Å². The van der Waals surface area contributed by atoms with Crippen molar-refractivity contribution in [3.05, 3.63) is 29.8 Å². The molecule has 1 fully saturated rings. The minimum absolute atomic E-state index is 0.187. The van der Waals surface area contributed by atoms with E-state index in [1.807, 2.05) is 13.8 Å². The van der Waals surface area contributed by atoms with Crippen LogP contribution in [0, 0.1) is 12.7 Å². The minimum Gasteiger partial charge on any atom is -0.321 e. The number of aryl methyl sites for hydroxylation is 1. The highest BCUT2D eigenvalue weighted by atomic mass is 19.3. The van der Waals surface area contributed by atoms with Gasteiger partial charge in [0.05, 0.1) is 17.4 Å². The maximum atomic E-state index is 13.4. The first kappa shape index (κ1) is 12.9. The first-order chi connectivity index (χ1) is 8.49. The molecular formula is C13H15F3N2. The van der Waals surface area contributed by atoms with Gasteiger partial charge in [0.15, 0.2) is 0 Å². The van der Waals surface area contributed by atoms with Gasteiger partial charge in [-0.25, -0.2) is 18.2 Å². The zero-order valence-electron chi connectivity index (χ0n) is 10.5. The average molecular weight is 256 g/mol. The van der Waals surface area contributed by atoms with Crippen molar-refractivity contribution in [3.8, 4) is 0 Å². The molecule has 2 aromatic rings. The van der Waals surface area contributed by atoms with Crippen LogP contribution in [-0.4, -0.2) is 15.5 Å². The van der Waals surface area contributed by atoms with Crippen LogP contribution in [0.3, 0.4) is 0 Å². The number of nitrogens with zero attached hydrogens (tertiary/aromatic N) is 2. The van der Waals surface area contributed by atoms with Gasteiger partial charge in [0.2, 0.25) is 0 Å². The summed E-state index contributed by atoms with van der Waals surface area (Å²) in [4.78, 5) is 4.01. The Morgan fingerprint density at radius 3 is 2.50 bits per heavy atom. The Labute approximate surface area is 103 Å². The molecule has 0 bridgehead atoms. The second kappa shape index (κ2) is 4.30. The number of imidazole rings is 1. The van der Waals surface area contributed by atoms with Crippen LogP contribution in [0.15, 0.2) is 18.5 Å². The van der Waals surface area contributed by atoms with E-state index in [2.05, 4.69) is 4.98 Å². The summed E-state index contributed by atoms with van der Waals surface area (Å²) in [5, 5.41) is 0. The molecule has 0 spiro atoms. The lowest BCUT2D eigenvalue weighted by molar-refractivity contribution is 0.101. The second-order valence-electron chi connectivity index (χ2n) is 4.22. The first-order valence-corrected chi connectivity index (χ1v) is 5.99. The minimum atomic E-state index is -2.67. The van der Waals surface area contributed by atoms with Crippen molar-refractivity contribution >= 4 is 11.0 Å². The number of alkyl halides is 2. The molecule has 1 aromatic carbocycles. The van der Waals surface area contributed by atoms with Gasteiger partial charge in [0.25, 0.3) is 5.92 Å². The van der Waals surface area contributed by atoms with E-state index < -0.39 is 17.8 Å². The lowest BCUT2D eigenvalue weighted by Gasteiger charge is -2.03. The molecule has 0 unspecified atom stereocenters. The molecule has 1 saturated carbocycles. The summed E-state index contributed by atoms with van der Waals surface area (Å²) in [6.45, 7) is 5.62. The van der Waals surface area contributed by atoms with Gasteiger partial charge in [-0.2, -0.15) is 0 Å². The summed E-state index contributed by atoms with van der Waals surface area (Å²) in [6, 6.07) is 1.98. The van der Waals surface area contributed by atoms with Gasteiger partial charge in [0.1, 0.15) is 11.9 Å². The van der Waals surface area contributed by atoms with Crippen molar-refractivity contribution in [3.63, 3.8) is 0 Å². The number of hydrogen-bond acceptors (Lipinski definition) is 1. The number of rotatable bonds is 1. The van der Waals surface area contributed by atoms with Gasteiger partial charge in [0, 0.05) is 12.5 Å². The third-order valence-electron chi connectivity index (χ3n) is 2.98. The molecule has 3 rings (SSSR count). The van der Waals surface area contributed by atoms with Crippen LogP contribution in [0.2, 0.25) is 0 Å². The fraction of sp³-hybridized carbons (Fsp3) is 0.462. The van der Waals surface area contributed by atoms with Gasteiger partial charge in [-0.1, -0.05) is 13.8 Å². The highest BCUT2D eigenvalue weighted by Crippen LogP contribution is 2.53. The van der Waals surface area contributed by atoms with Crippen LogP contribution in [0.5, 0.6) is 0 Å². The van der Waals surface area contributed by atoms with E-state index in [4.69, 9.17) is 0 Å². The molecule has 0 N–H and O–H groups in total. The normalized spacial score (nSPS) is 20.4. The van der Waals surface area contributed by atoms with E-state index >= 15 is 0 Å². The molecule has 1 aromatic heterocycles. The monoisotopic (exact) mass is 256 g/mol. The molecule has 0 amide bonds. The maximum absolute atomic E-state index is 13.4. The molecule has 5 heteroatoms. The summed E-state index contributed by atoms with van der Waals surface area (Å²) in [7, 11) is 0. The molecule has 0 radical (unpaired) electrons. The van der Waals surface area contributed by atoms with Crippen LogP contribution in [0.25, 0.3) is 11.0 Å². The van der Waals surface area contributed by atoms with Crippen molar-refractivity contribution in [2.24, 2.45) is 0 Å². The molecule has 98 valence electrons. The summed E-state index contributed by atoms with van der Waals surface area (Å²) in [5.74, 6) is -3.06. The summed E-state index contributed by atoms with van der Waals surface area (Å²) >= 11 is 0. The number of halogens is 3. The Kier molecular flexibility index (Phi) is 3.09. The van der Waals surface area contributed by atoms with E-state index in [0.29, 0.717) is 16.6 Å². The molecule has 2 nitrogen and oxygen atoms in total. The third-order valence-corrected chi connectivity index (χ3v) is 2.98. The van der Waals surface area contributed by atoms with Crippen LogP contribution >= 0.6 is 0 Å². The quantitative estimate of drug-likeness (QED) is 0.751. The Morgan fingerprint density at radius 2 is 1.94 bits per heavy atom. The lowest BCUT2D eigenvalue weighted by Crippen LogP contribution is -2.01. The van der Waals surface area contributed by atoms with Gasteiger partial charge < -0.3 is 4.57 Å². The van der Waals surface area contributed by atoms with E-state index in [0.717, 1.165) is 0 Å². The first-order valence-electron chi connectivity index (χ1n) is 5.99. The highest BCUT2D eigenvalue weighted by Gasteiger charge is 2.58. The maximum Gasteiger partial charge on any atom is 0.270 e. The molecule has 1 atom stereocenters. The van der Waals surface area contributed by atoms with E-state index in [1.54, 1.807) is 13.0 Å². The Morgan fingerprint density at radius 1 is 1.33 bits per heavy atom. The zero-order valence-corrected chi connectivity index (χ0v) is 10.5. The van der Waals surface area contributed by atoms with Crippen LogP contribution in [0.4, 0.5) is 13.2 Å². The number of hydrogen-bond donors (Lipinski definition) is 0. The van der Waals surface area contributed by atoms with Crippen molar-refractivity contribution in [1.29, 1.82) is 0 Å². The molecule has 0 saturated heterocycles. The Balaban J connectivity index is 0.000000574. The zero-order chi connectivity index (χ0) is 13.5. The summed E-state index contributed by atoms with van der Waals surface area (Å²) in [6.07, 6.45) is 1.17. The van der Waals surface area contributed by atoms with Crippen LogP contribution in [-0.2, 0) is 0 Å². The number of fused-ring (bicyclic) bond motifs is 1. The highest BCUT2D eigenvalue weighted by molar-refractivity contribution is 5.76. The van der Waals surface area contributed by atoms with Gasteiger partial charge in [-0.3, -0.25) is 0 Å². The smallest absolute Gasteiger partial charge is 0.270 e. The Hall–Kier alpha value is -1.52. The summed E-state index contributed by atoms with van der Waals surface area (Å²) in [5.41, 5.74) is 1.46. The molecule has 18 heavy (non-hydrogen) atoms. The molecule has 1 heterocycles. The topological polar surface area (TPSA) is 17.8 Å². The molecule has 0 aliphatic heterocycles. The van der Waals surface area contributed by atoms with E-state index in [1.165, 1.54) is 17.0 Å². The molecule has 1 aliphatic rings. The number of benzene rings is 1. The second-order valence-corrected chi connectivity index (χ2v) is 4.22. The average Bonchev–Trinajstić information content (AvgIpc) is 2.79. The fourth-order valence-corrected chi connectivity index (χ4v) is 1.90. The lowest BCUT2D eigenvalue weighted by atomic mass is 10.2. The largest absolute Gasteiger partial charge is 0.321 e. The SMILES string of the molecule is CC.Cc1cc2ncn([C@H]3CC3(F)F)c2cc1F. The number of aromatic nitrogens is 2. The van der Waals surface area contributed by atoms with Gasteiger partial charge in [-0.05, 0) is 18.6 Å². The van der Waals surface area contributed by atoms with Gasteiger partial charge in [-0.15, -0.1) is 0 Å².